The van der Waals surface area contributed by atoms with Crippen molar-refractivity contribution in [3.8, 4) is 11.1 Å². The maximum Gasteiger partial charge on any atom is 0.418 e. The van der Waals surface area contributed by atoms with Gasteiger partial charge in [0.05, 0.1) is 16.9 Å². The van der Waals surface area contributed by atoms with Crippen LogP contribution < -0.4 is 5.32 Å². The first-order valence-corrected chi connectivity index (χ1v) is 9.59. The second-order valence-corrected chi connectivity index (χ2v) is 7.26. The molecule has 0 fully saturated rings. The van der Waals surface area contributed by atoms with Gasteiger partial charge in [-0.05, 0) is 43.2 Å². The summed E-state index contributed by atoms with van der Waals surface area (Å²) in [5, 5.41) is 7.57. The molecule has 4 aromatic rings. The number of nitrogens with zero attached hydrogens (tertiary/aromatic N) is 3. The number of aryl methyl sites for hydroxylation is 2. The van der Waals surface area contributed by atoms with Gasteiger partial charge in [0.15, 0.2) is 5.65 Å². The molecule has 0 aliphatic rings. The monoisotopic (exact) mass is 424 g/mol. The first-order chi connectivity index (χ1) is 14.7. The molecule has 1 N–H and O–H groups in total. The zero-order valence-electron chi connectivity index (χ0n) is 16.9. The first-order valence-electron chi connectivity index (χ1n) is 9.59. The molecule has 4 rings (SSSR count). The SMILES string of the molecule is Cc1cccc(-c2ccnc3c2c(C)nn3CC(=O)Nc2ccccc2C(F)(F)F)c1. The van der Waals surface area contributed by atoms with E-state index in [-0.39, 0.29) is 12.2 Å². The molecule has 5 nitrogen and oxygen atoms in total. The maximum absolute atomic E-state index is 13.2. The fourth-order valence-corrected chi connectivity index (χ4v) is 3.61. The standard InChI is InChI=1S/C23H19F3N4O/c1-14-6-5-7-16(12-14)17-10-11-27-22-21(17)15(2)29-30(22)13-20(31)28-19-9-4-3-8-18(19)23(24,25)26/h3-12H,13H2,1-2H3,(H,28,31). The van der Waals surface area contributed by atoms with Gasteiger partial charge in [-0.15, -0.1) is 0 Å². The van der Waals surface area contributed by atoms with Gasteiger partial charge in [-0.25, -0.2) is 9.67 Å². The number of benzene rings is 2. The molecule has 2 aromatic carbocycles. The van der Waals surface area contributed by atoms with E-state index in [0.717, 1.165) is 28.1 Å². The van der Waals surface area contributed by atoms with Gasteiger partial charge in [-0.3, -0.25) is 4.79 Å². The van der Waals surface area contributed by atoms with Gasteiger partial charge in [-0.2, -0.15) is 18.3 Å². The zero-order chi connectivity index (χ0) is 22.2. The molecule has 0 bridgehead atoms. The Labute approximate surface area is 176 Å². The average Bonchev–Trinajstić information content (AvgIpc) is 3.03. The van der Waals surface area contributed by atoms with E-state index in [1.165, 1.54) is 22.9 Å². The summed E-state index contributed by atoms with van der Waals surface area (Å²) in [6.45, 7) is 3.55. The molecular formula is C23H19F3N4O. The highest BCUT2D eigenvalue weighted by atomic mass is 19.4. The van der Waals surface area contributed by atoms with Crippen LogP contribution in [0, 0.1) is 13.8 Å². The van der Waals surface area contributed by atoms with E-state index in [4.69, 9.17) is 0 Å². The van der Waals surface area contributed by atoms with E-state index >= 15 is 0 Å². The molecule has 8 heteroatoms. The van der Waals surface area contributed by atoms with Crippen LogP contribution in [-0.4, -0.2) is 20.7 Å². The van der Waals surface area contributed by atoms with Crippen molar-refractivity contribution in [1.29, 1.82) is 0 Å². The summed E-state index contributed by atoms with van der Waals surface area (Å²) in [6.07, 6.45) is -2.93. The third-order valence-electron chi connectivity index (χ3n) is 4.94. The summed E-state index contributed by atoms with van der Waals surface area (Å²) in [4.78, 5) is 16.9. The Kier molecular flexibility index (Phi) is 5.22. The number of hydrogen-bond donors (Lipinski definition) is 1. The molecular weight excluding hydrogens is 405 g/mol. The predicted octanol–water partition coefficient (Wildman–Crippen LogP) is 5.37. The van der Waals surface area contributed by atoms with E-state index in [1.54, 1.807) is 6.20 Å². The fraction of sp³-hybridized carbons (Fsp3) is 0.174. The van der Waals surface area contributed by atoms with Crippen LogP contribution in [0.2, 0.25) is 0 Å². The van der Waals surface area contributed by atoms with Crippen LogP contribution in [0.1, 0.15) is 16.8 Å². The lowest BCUT2D eigenvalue weighted by Gasteiger charge is -2.13. The van der Waals surface area contributed by atoms with Crippen molar-refractivity contribution in [3.05, 3.63) is 77.6 Å². The minimum atomic E-state index is -4.57. The number of halogens is 3. The largest absolute Gasteiger partial charge is 0.418 e. The Bertz CT molecular complexity index is 1280. The Morgan fingerprint density at radius 1 is 1.06 bits per heavy atom. The number of pyridine rings is 1. The maximum atomic E-state index is 13.2. The van der Waals surface area contributed by atoms with Gasteiger partial charge in [0.2, 0.25) is 5.91 Å². The molecule has 0 aliphatic heterocycles. The summed E-state index contributed by atoms with van der Waals surface area (Å²) in [6, 6.07) is 14.7. The molecule has 158 valence electrons. The van der Waals surface area contributed by atoms with Crippen molar-refractivity contribution in [2.75, 3.05) is 5.32 Å². The van der Waals surface area contributed by atoms with E-state index in [2.05, 4.69) is 15.4 Å². The van der Waals surface area contributed by atoms with Crippen molar-refractivity contribution < 1.29 is 18.0 Å². The summed E-state index contributed by atoms with van der Waals surface area (Å²) in [5.74, 6) is -0.621. The van der Waals surface area contributed by atoms with Crippen molar-refractivity contribution in [1.82, 2.24) is 14.8 Å². The van der Waals surface area contributed by atoms with Crippen molar-refractivity contribution in [3.63, 3.8) is 0 Å². The Morgan fingerprint density at radius 3 is 2.58 bits per heavy atom. The molecule has 0 saturated heterocycles. The number of carbonyl (C=O) groups is 1. The molecule has 0 saturated carbocycles. The Morgan fingerprint density at radius 2 is 1.84 bits per heavy atom. The molecule has 2 aromatic heterocycles. The molecule has 0 atom stereocenters. The van der Waals surface area contributed by atoms with Crippen LogP contribution in [0.4, 0.5) is 18.9 Å². The summed E-state index contributed by atoms with van der Waals surface area (Å²) in [5.41, 5.74) is 3.03. The fourth-order valence-electron chi connectivity index (χ4n) is 3.61. The number of rotatable bonds is 4. The van der Waals surface area contributed by atoms with E-state index in [9.17, 15) is 18.0 Å². The third kappa shape index (κ3) is 4.14. The Hall–Kier alpha value is -3.68. The van der Waals surface area contributed by atoms with Crippen molar-refractivity contribution in [2.45, 2.75) is 26.6 Å². The van der Waals surface area contributed by atoms with Crippen LogP contribution in [-0.2, 0) is 17.5 Å². The minimum absolute atomic E-state index is 0.263. The lowest BCUT2D eigenvalue weighted by molar-refractivity contribution is -0.137. The second-order valence-electron chi connectivity index (χ2n) is 7.26. The highest BCUT2D eigenvalue weighted by Crippen LogP contribution is 2.35. The van der Waals surface area contributed by atoms with Crippen LogP contribution >= 0.6 is 0 Å². The number of alkyl halides is 3. The normalized spacial score (nSPS) is 11.6. The molecule has 0 radical (unpaired) electrons. The van der Waals surface area contributed by atoms with Gasteiger partial charge in [-0.1, -0.05) is 42.0 Å². The Balaban J connectivity index is 1.66. The molecule has 2 heterocycles. The number of amides is 1. The molecule has 0 unspecified atom stereocenters. The molecule has 0 spiro atoms. The number of carbonyl (C=O) groups excluding carboxylic acids is 1. The summed E-state index contributed by atoms with van der Waals surface area (Å²) >= 11 is 0. The van der Waals surface area contributed by atoms with E-state index in [0.29, 0.717) is 11.3 Å². The van der Waals surface area contributed by atoms with Crippen molar-refractivity contribution in [2.24, 2.45) is 0 Å². The van der Waals surface area contributed by atoms with E-state index < -0.39 is 17.6 Å². The topological polar surface area (TPSA) is 59.8 Å². The number of anilines is 1. The lowest BCUT2D eigenvalue weighted by Crippen LogP contribution is -2.22. The summed E-state index contributed by atoms with van der Waals surface area (Å²) < 4.78 is 41.0. The van der Waals surface area contributed by atoms with Gasteiger partial charge in [0.1, 0.15) is 6.54 Å². The molecule has 0 aliphatic carbocycles. The number of hydrogen-bond acceptors (Lipinski definition) is 3. The van der Waals surface area contributed by atoms with Crippen LogP contribution in [0.5, 0.6) is 0 Å². The number of nitrogens with one attached hydrogen (secondary N) is 1. The van der Waals surface area contributed by atoms with Crippen LogP contribution in [0.25, 0.3) is 22.2 Å². The highest BCUT2D eigenvalue weighted by molar-refractivity contribution is 5.96. The van der Waals surface area contributed by atoms with Crippen molar-refractivity contribution >= 4 is 22.6 Å². The van der Waals surface area contributed by atoms with Crippen LogP contribution in [0.3, 0.4) is 0 Å². The third-order valence-corrected chi connectivity index (χ3v) is 4.94. The molecule has 31 heavy (non-hydrogen) atoms. The second kappa shape index (κ2) is 7.86. The predicted molar refractivity (Wildman–Crippen MR) is 113 cm³/mol. The zero-order valence-corrected chi connectivity index (χ0v) is 16.9. The highest BCUT2D eigenvalue weighted by Gasteiger charge is 2.33. The van der Waals surface area contributed by atoms with E-state index in [1.807, 2.05) is 44.2 Å². The summed E-state index contributed by atoms with van der Waals surface area (Å²) in [7, 11) is 0. The quantitative estimate of drug-likeness (QED) is 0.479. The molecule has 1 amide bonds. The van der Waals surface area contributed by atoms with Gasteiger partial charge in [0, 0.05) is 11.6 Å². The average molecular weight is 424 g/mol. The van der Waals surface area contributed by atoms with Crippen LogP contribution in [0.15, 0.2) is 60.8 Å². The number of aromatic nitrogens is 3. The lowest BCUT2D eigenvalue weighted by atomic mass is 10.0. The smallest absolute Gasteiger partial charge is 0.324 e. The minimum Gasteiger partial charge on any atom is -0.324 e. The van der Waals surface area contributed by atoms with Gasteiger partial charge >= 0.3 is 6.18 Å². The first kappa shape index (κ1) is 20.6. The number of para-hydroxylation sites is 1. The van der Waals surface area contributed by atoms with Gasteiger partial charge in [0.25, 0.3) is 0 Å². The van der Waals surface area contributed by atoms with Gasteiger partial charge < -0.3 is 5.32 Å². The number of fused-ring (bicyclic) bond motifs is 1.